The van der Waals surface area contributed by atoms with Gasteiger partial charge in [-0.25, -0.2) is 0 Å². The number of piperidine rings is 1. The molecular formula is C27H37ClN4O2. The van der Waals surface area contributed by atoms with E-state index in [2.05, 4.69) is 22.3 Å². The number of hydrogen-bond acceptors (Lipinski definition) is 5. The second-order valence-corrected chi connectivity index (χ2v) is 12.0. The quantitative estimate of drug-likeness (QED) is 0.653. The lowest BCUT2D eigenvalue weighted by Gasteiger charge is -2.57. The molecule has 7 heteroatoms. The van der Waals surface area contributed by atoms with E-state index in [9.17, 15) is 4.79 Å². The van der Waals surface area contributed by atoms with Crippen molar-refractivity contribution in [1.29, 1.82) is 0 Å². The average Bonchev–Trinajstić information content (AvgIpc) is 3.18. The highest BCUT2D eigenvalue weighted by Gasteiger charge is 2.53. The molecule has 0 spiro atoms. The zero-order valence-corrected chi connectivity index (χ0v) is 21.1. The summed E-state index contributed by atoms with van der Waals surface area (Å²) in [6, 6.07) is 7.95. The van der Waals surface area contributed by atoms with Crippen molar-refractivity contribution in [3.63, 3.8) is 0 Å². The van der Waals surface area contributed by atoms with E-state index in [1.165, 1.54) is 32.1 Å². The Morgan fingerprint density at radius 3 is 2.29 bits per heavy atom. The van der Waals surface area contributed by atoms with Gasteiger partial charge in [0.1, 0.15) is 6.04 Å². The maximum Gasteiger partial charge on any atom is 0.251 e. The summed E-state index contributed by atoms with van der Waals surface area (Å²) in [7, 11) is 3.86. The summed E-state index contributed by atoms with van der Waals surface area (Å²) in [6.45, 7) is 1.05. The highest BCUT2D eigenvalue weighted by atomic mass is 35.5. The lowest BCUT2D eigenvalue weighted by atomic mass is 9.53. The van der Waals surface area contributed by atoms with Crippen molar-refractivity contribution in [2.75, 3.05) is 25.7 Å². The molecule has 7 rings (SSSR count). The third-order valence-electron chi connectivity index (χ3n) is 9.19. The molecule has 1 aromatic carbocycles. The summed E-state index contributed by atoms with van der Waals surface area (Å²) in [5.74, 6) is 2.48. The molecular weight excluding hydrogens is 448 g/mol. The van der Waals surface area contributed by atoms with Gasteiger partial charge in [-0.3, -0.25) is 14.6 Å². The number of rotatable bonds is 5. The number of amides is 1. The molecule has 2 unspecified atom stereocenters. The van der Waals surface area contributed by atoms with Crippen LogP contribution in [0.3, 0.4) is 0 Å². The molecule has 1 N–H and O–H groups in total. The second-order valence-electron chi connectivity index (χ2n) is 11.5. The second kappa shape index (κ2) is 8.72. The van der Waals surface area contributed by atoms with Gasteiger partial charge < -0.3 is 10.2 Å². The van der Waals surface area contributed by atoms with Crippen molar-refractivity contribution >= 4 is 23.2 Å². The largest absolute Gasteiger partial charge is 0.347 e. The van der Waals surface area contributed by atoms with E-state index in [1.807, 2.05) is 30.5 Å². The minimum atomic E-state index is -0.111. The molecule has 1 aromatic rings. The number of benzene rings is 1. The predicted octanol–water partition coefficient (Wildman–Crippen LogP) is 4.76. The fourth-order valence-corrected chi connectivity index (χ4v) is 8.29. The van der Waals surface area contributed by atoms with Gasteiger partial charge in [-0.1, -0.05) is 18.0 Å². The lowest BCUT2D eigenvalue weighted by Crippen LogP contribution is -2.61. The number of nitrogens with one attached hydrogen (secondary N) is 1. The third kappa shape index (κ3) is 3.92. The molecule has 1 amide bonds. The maximum atomic E-state index is 14.1. The van der Waals surface area contributed by atoms with Crippen molar-refractivity contribution in [1.82, 2.24) is 15.4 Å². The Kier molecular flexibility index (Phi) is 5.82. The summed E-state index contributed by atoms with van der Waals surface area (Å²) in [4.78, 5) is 22.3. The van der Waals surface area contributed by atoms with Crippen LogP contribution >= 0.6 is 11.6 Å². The standard InChI is InChI=1S/C27H37ClN4O2/c1-30-10-4-3-5-24(30)25-23(17-31(34-2)32(25)22-8-6-21(28)7-9-22)26(33)29-27-14-18-11-19(15-27)13-20(12-18)16-27/h6-9,17-20,24-25H,3-5,10-16H2,1-2H3,(H,29,33). The Hall–Kier alpha value is -1.76. The van der Waals surface area contributed by atoms with Gasteiger partial charge in [0.05, 0.1) is 24.6 Å². The first-order chi connectivity index (χ1) is 16.4. The van der Waals surface area contributed by atoms with Crippen LogP contribution in [0.15, 0.2) is 36.0 Å². The molecule has 1 saturated heterocycles. The minimum absolute atomic E-state index is 0.0126. The van der Waals surface area contributed by atoms with Crippen LogP contribution in [0.2, 0.25) is 5.02 Å². The Labute approximate surface area is 208 Å². The summed E-state index contributed by atoms with van der Waals surface area (Å²) in [5.41, 5.74) is 1.77. The van der Waals surface area contributed by atoms with Crippen LogP contribution in [0.1, 0.15) is 57.8 Å². The zero-order chi connectivity index (χ0) is 23.4. The van der Waals surface area contributed by atoms with Crippen LogP contribution in [0.4, 0.5) is 5.69 Å². The first-order valence-corrected chi connectivity index (χ1v) is 13.4. The van der Waals surface area contributed by atoms with E-state index in [0.717, 1.165) is 61.2 Å². The number of carbonyl (C=O) groups excluding carboxylic acids is 1. The van der Waals surface area contributed by atoms with Crippen molar-refractivity contribution < 1.29 is 9.63 Å². The highest BCUT2D eigenvalue weighted by molar-refractivity contribution is 6.30. The van der Waals surface area contributed by atoms with Gasteiger partial charge in [0, 0.05) is 16.6 Å². The van der Waals surface area contributed by atoms with E-state index in [0.29, 0.717) is 5.02 Å². The molecule has 34 heavy (non-hydrogen) atoms. The maximum absolute atomic E-state index is 14.1. The Bertz CT molecular complexity index is 929. The number of carbonyl (C=O) groups is 1. The molecule has 0 aromatic heterocycles. The fraction of sp³-hybridized carbons (Fsp3) is 0.667. The predicted molar refractivity (Wildman–Crippen MR) is 134 cm³/mol. The van der Waals surface area contributed by atoms with Gasteiger partial charge in [-0.05, 0) is 107 Å². The van der Waals surface area contributed by atoms with E-state index in [4.69, 9.17) is 16.4 Å². The Morgan fingerprint density at radius 1 is 1.06 bits per heavy atom. The molecule has 4 bridgehead atoms. The number of hydroxylamine groups is 1. The van der Waals surface area contributed by atoms with Crippen molar-refractivity contribution in [2.24, 2.45) is 17.8 Å². The van der Waals surface area contributed by atoms with E-state index >= 15 is 0 Å². The van der Waals surface area contributed by atoms with E-state index in [-0.39, 0.29) is 23.5 Å². The van der Waals surface area contributed by atoms with Gasteiger partial charge in [0.2, 0.25) is 0 Å². The van der Waals surface area contributed by atoms with E-state index in [1.54, 1.807) is 12.3 Å². The molecule has 2 heterocycles. The van der Waals surface area contributed by atoms with Gasteiger partial charge >= 0.3 is 0 Å². The third-order valence-corrected chi connectivity index (χ3v) is 9.44. The fourth-order valence-electron chi connectivity index (χ4n) is 8.16. The SMILES string of the molecule is CON1C=C(C(=O)NC23CC4CC(CC(C4)C2)C3)C(C2CCCCN2C)N1c1ccc(Cl)cc1. The molecule has 0 radical (unpaired) electrons. The van der Waals surface area contributed by atoms with Gasteiger partial charge in [0.15, 0.2) is 0 Å². The van der Waals surface area contributed by atoms with Crippen LogP contribution < -0.4 is 10.3 Å². The topological polar surface area (TPSA) is 48.1 Å². The molecule has 2 aliphatic heterocycles. The first kappa shape index (κ1) is 22.7. The first-order valence-electron chi connectivity index (χ1n) is 13.1. The Balaban J connectivity index is 1.32. The monoisotopic (exact) mass is 484 g/mol. The molecule has 5 fully saturated rings. The van der Waals surface area contributed by atoms with Crippen LogP contribution in [-0.4, -0.2) is 54.3 Å². The van der Waals surface area contributed by atoms with Crippen molar-refractivity contribution in [2.45, 2.75) is 75.4 Å². The minimum Gasteiger partial charge on any atom is -0.347 e. The molecule has 4 aliphatic carbocycles. The van der Waals surface area contributed by atoms with Crippen LogP contribution in [0.5, 0.6) is 0 Å². The molecule has 184 valence electrons. The molecule has 6 nitrogen and oxygen atoms in total. The van der Waals surface area contributed by atoms with Gasteiger partial charge in [-0.2, -0.15) is 5.17 Å². The summed E-state index contributed by atoms with van der Waals surface area (Å²) >= 11 is 6.20. The summed E-state index contributed by atoms with van der Waals surface area (Å²) in [6.07, 6.45) is 12.9. The number of nitrogens with zero attached hydrogens (tertiary/aromatic N) is 3. The van der Waals surface area contributed by atoms with Gasteiger partial charge in [0.25, 0.3) is 5.91 Å². The normalized spacial score (nSPS) is 37.3. The number of hydrazine groups is 1. The van der Waals surface area contributed by atoms with E-state index < -0.39 is 0 Å². The molecule has 6 aliphatic rings. The highest BCUT2D eigenvalue weighted by Crippen LogP contribution is 2.55. The number of hydrogen-bond donors (Lipinski definition) is 1. The van der Waals surface area contributed by atoms with Crippen LogP contribution in [0.25, 0.3) is 0 Å². The zero-order valence-electron chi connectivity index (χ0n) is 20.4. The number of halogens is 1. The van der Waals surface area contributed by atoms with Crippen molar-refractivity contribution in [3.8, 4) is 0 Å². The summed E-state index contributed by atoms with van der Waals surface area (Å²) in [5, 5.41) is 8.20. The summed E-state index contributed by atoms with van der Waals surface area (Å²) < 4.78 is 0. The number of likely N-dealkylation sites (N-methyl/N-ethyl adjacent to an activating group) is 1. The van der Waals surface area contributed by atoms with Crippen molar-refractivity contribution in [3.05, 3.63) is 41.1 Å². The molecule has 2 atom stereocenters. The molecule has 4 saturated carbocycles. The van der Waals surface area contributed by atoms with Crippen LogP contribution in [0, 0.1) is 17.8 Å². The Morgan fingerprint density at radius 2 is 1.71 bits per heavy atom. The average molecular weight is 485 g/mol. The number of anilines is 1. The van der Waals surface area contributed by atoms with Gasteiger partial charge in [-0.15, -0.1) is 0 Å². The number of likely N-dealkylation sites (tertiary alicyclic amines) is 1. The lowest BCUT2D eigenvalue weighted by molar-refractivity contribution is -0.123. The van der Waals surface area contributed by atoms with Crippen LogP contribution in [-0.2, 0) is 9.63 Å². The smallest absolute Gasteiger partial charge is 0.251 e.